The van der Waals surface area contributed by atoms with Crippen LogP contribution in [0.4, 0.5) is 0 Å². The number of hydrogen-bond acceptors (Lipinski definition) is 5. The molecule has 1 atom stereocenters. The maximum atomic E-state index is 13.3. The fourth-order valence-electron chi connectivity index (χ4n) is 3.89. The quantitative estimate of drug-likeness (QED) is 0.624. The molecule has 1 aliphatic rings. The molecule has 1 amide bonds. The van der Waals surface area contributed by atoms with E-state index < -0.39 is 0 Å². The molecule has 2 aromatic carbocycles. The van der Waals surface area contributed by atoms with E-state index in [0.717, 1.165) is 37.1 Å². The van der Waals surface area contributed by atoms with Crippen molar-refractivity contribution in [2.24, 2.45) is 0 Å². The van der Waals surface area contributed by atoms with E-state index in [4.69, 9.17) is 9.26 Å². The van der Waals surface area contributed by atoms with Crippen LogP contribution in [0.15, 0.2) is 53.1 Å². The van der Waals surface area contributed by atoms with Gasteiger partial charge in [0.15, 0.2) is 0 Å². The van der Waals surface area contributed by atoms with Crippen LogP contribution in [-0.4, -0.2) is 40.6 Å². The first-order valence-corrected chi connectivity index (χ1v) is 10.1. The first kappa shape index (κ1) is 19.2. The van der Waals surface area contributed by atoms with Gasteiger partial charge in [0.05, 0.1) is 18.2 Å². The molecule has 1 saturated heterocycles. The summed E-state index contributed by atoms with van der Waals surface area (Å²) in [5, 5.41) is 4.11. The molecule has 6 heteroatoms. The average Bonchev–Trinajstić information content (AvgIpc) is 3.29. The van der Waals surface area contributed by atoms with Gasteiger partial charge >= 0.3 is 0 Å². The number of ether oxygens (including phenoxy) is 1. The predicted molar refractivity (Wildman–Crippen MR) is 111 cm³/mol. The van der Waals surface area contributed by atoms with Crippen molar-refractivity contribution in [1.82, 2.24) is 15.0 Å². The van der Waals surface area contributed by atoms with Crippen LogP contribution in [0.25, 0.3) is 22.8 Å². The molecule has 1 aromatic heterocycles. The third-order valence-corrected chi connectivity index (χ3v) is 5.52. The Balaban J connectivity index is 1.65. The second-order valence-electron chi connectivity index (χ2n) is 7.25. The Morgan fingerprint density at radius 3 is 2.72 bits per heavy atom. The molecule has 0 aliphatic carbocycles. The van der Waals surface area contributed by atoms with Gasteiger partial charge < -0.3 is 14.2 Å². The van der Waals surface area contributed by atoms with Gasteiger partial charge in [-0.25, -0.2) is 0 Å². The minimum atomic E-state index is 0.0383. The van der Waals surface area contributed by atoms with Crippen LogP contribution < -0.4 is 4.74 Å². The van der Waals surface area contributed by atoms with Gasteiger partial charge in [-0.3, -0.25) is 4.79 Å². The van der Waals surface area contributed by atoms with E-state index in [0.29, 0.717) is 28.9 Å². The molecule has 0 N–H and O–H groups in total. The minimum Gasteiger partial charge on any atom is -0.497 e. The summed E-state index contributed by atoms with van der Waals surface area (Å²) in [6, 6.07) is 15.2. The number of aromatic nitrogens is 2. The summed E-state index contributed by atoms with van der Waals surface area (Å²) in [4.78, 5) is 19.9. The predicted octanol–water partition coefficient (Wildman–Crippen LogP) is 4.82. The molecular formula is C23H25N3O3. The number of carbonyl (C=O) groups is 1. The molecular weight excluding hydrogens is 366 g/mol. The van der Waals surface area contributed by atoms with Crippen LogP contribution in [0.2, 0.25) is 0 Å². The Morgan fingerprint density at radius 2 is 1.97 bits per heavy atom. The van der Waals surface area contributed by atoms with Crippen molar-refractivity contribution in [2.75, 3.05) is 13.7 Å². The van der Waals surface area contributed by atoms with Crippen molar-refractivity contribution in [3.05, 3.63) is 54.1 Å². The molecule has 4 rings (SSSR count). The van der Waals surface area contributed by atoms with Crippen molar-refractivity contribution in [3.8, 4) is 28.6 Å². The Kier molecular flexibility index (Phi) is 5.60. The van der Waals surface area contributed by atoms with Crippen LogP contribution >= 0.6 is 0 Å². The van der Waals surface area contributed by atoms with E-state index in [1.54, 1.807) is 7.11 Å². The highest BCUT2D eigenvalue weighted by atomic mass is 16.5. The van der Waals surface area contributed by atoms with E-state index in [2.05, 4.69) is 17.1 Å². The van der Waals surface area contributed by atoms with E-state index in [1.165, 1.54) is 6.42 Å². The number of hydrogen-bond donors (Lipinski definition) is 0. The molecule has 6 nitrogen and oxygen atoms in total. The zero-order valence-corrected chi connectivity index (χ0v) is 16.8. The molecule has 2 heterocycles. The second-order valence-corrected chi connectivity index (χ2v) is 7.25. The molecule has 1 fully saturated rings. The van der Waals surface area contributed by atoms with Gasteiger partial charge in [-0.2, -0.15) is 4.98 Å². The van der Waals surface area contributed by atoms with Gasteiger partial charge in [-0.05, 0) is 62.1 Å². The number of nitrogens with zero attached hydrogens (tertiary/aromatic N) is 3. The summed E-state index contributed by atoms with van der Waals surface area (Å²) in [6.07, 6.45) is 4.26. The van der Waals surface area contributed by atoms with Gasteiger partial charge in [0.25, 0.3) is 11.8 Å². The molecule has 29 heavy (non-hydrogen) atoms. The van der Waals surface area contributed by atoms with Crippen molar-refractivity contribution in [2.45, 2.75) is 38.6 Å². The van der Waals surface area contributed by atoms with Crippen molar-refractivity contribution < 1.29 is 14.1 Å². The summed E-state index contributed by atoms with van der Waals surface area (Å²) in [6.45, 7) is 2.94. The summed E-state index contributed by atoms with van der Waals surface area (Å²) in [5.41, 5.74) is 2.11. The van der Waals surface area contributed by atoms with E-state index in [1.807, 2.05) is 53.4 Å². The summed E-state index contributed by atoms with van der Waals surface area (Å²) >= 11 is 0. The smallest absolute Gasteiger partial charge is 0.259 e. The largest absolute Gasteiger partial charge is 0.497 e. The van der Waals surface area contributed by atoms with Gasteiger partial charge in [-0.1, -0.05) is 24.2 Å². The van der Waals surface area contributed by atoms with Gasteiger partial charge in [0.2, 0.25) is 5.82 Å². The zero-order valence-electron chi connectivity index (χ0n) is 16.8. The molecule has 0 saturated carbocycles. The normalized spacial score (nSPS) is 16.6. The number of piperidine rings is 1. The standard InChI is InChI=1S/C23H25N3O3/c1-3-17-8-6-7-15-26(17)23(27)20-10-5-4-9-19(20)22-24-21(25-29-22)16-11-13-18(28-2)14-12-16/h4-5,9-14,17H,3,6-8,15H2,1-2H3/t17-/m0/s1. The molecule has 0 bridgehead atoms. The average molecular weight is 391 g/mol. The summed E-state index contributed by atoms with van der Waals surface area (Å²) < 4.78 is 10.7. The maximum absolute atomic E-state index is 13.3. The summed E-state index contributed by atoms with van der Waals surface area (Å²) in [7, 11) is 1.63. The molecule has 1 aliphatic heterocycles. The minimum absolute atomic E-state index is 0.0383. The first-order chi connectivity index (χ1) is 14.2. The number of benzene rings is 2. The topological polar surface area (TPSA) is 68.5 Å². The Morgan fingerprint density at radius 1 is 1.17 bits per heavy atom. The lowest BCUT2D eigenvalue weighted by atomic mass is 9.97. The van der Waals surface area contributed by atoms with Gasteiger partial charge in [0, 0.05) is 18.2 Å². The first-order valence-electron chi connectivity index (χ1n) is 10.1. The highest BCUT2D eigenvalue weighted by molar-refractivity contribution is 6.00. The lowest BCUT2D eigenvalue weighted by molar-refractivity contribution is 0.0608. The third-order valence-electron chi connectivity index (χ3n) is 5.52. The van der Waals surface area contributed by atoms with Crippen LogP contribution in [-0.2, 0) is 0 Å². The monoisotopic (exact) mass is 391 g/mol. The number of amides is 1. The Labute approximate surface area is 170 Å². The highest BCUT2D eigenvalue weighted by Crippen LogP contribution is 2.29. The number of carbonyl (C=O) groups excluding carboxylic acids is 1. The number of rotatable bonds is 5. The van der Waals surface area contributed by atoms with E-state index >= 15 is 0 Å². The second kappa shape index (κ2) is 8.47. The highest BCUT2D eigenvalue weighted by Gasteiger charge is 2.28. The summed E-state index contributed by atoms with van der Waals surface area (Å²) in [5.74, 6) is 1.64. The van der Waals surface area contributed by atoms with E-state index in [9.17, 15) is 4.79 Å². The number of likely N-dealkylation sites (tertiary alicyclic amines) is 1. The molecule has 0 unspecified atom stereocenters. The third kappa shape index (κ3) is 3.88. The van der Waals surface area contributed by atoms with Crippen molar-refractivity contribution in [3.63, 3.8) is 0 Å². The molecule has 0 spiro atoms. The van der Waals surface area contributed by atoms with Crippen LogP contribution in [0, 0.1) is 0 Å². The molecule has 150 valence electrons. The lowest BCUT2D eigenvalue weighted by Gasteiger charge is -2.35. The van der Waals surface area contributed by atoms with Crippen molar-refractivity contribution >= 4 is 5.91 Å². The van der Waals surface area contributed by atoms with Gasteiger partial charge in [-0.15, -0.1) is 0 Å². The van der Waals surface area contributed by atoms with Crippen molar-refractivity contribution in [1.29, 1.82) is 0 Å². The fraction of sp³-hybridized carbons (Fsp3) is 0.348. The Bertz CT molecular complexity index is 981. The van der Waals surface area contributed by atoms with Crippen LogP contribution in [0.1, 0.15) is 43.0 Å². The van der Waals surface area contributed by atoms with Crippen LogP contribution in [0.3, 0.4) is 0 Å². The SMILES string of the molecule is CC[C@H]1CCCCN1C(=O)c1ccccc1-c1nc(-c2ccc(OC)cc2)no1. The zero-order chi connectivity index (χ0) is 20.2. The fourth-order valence-corrected chi connectivity index (χ4v) is 3.89. The van der Waals surface area contributed by atoms with E-state index in [-0.39, 0.29) is 5.91 Å². The molecule has 0 radical (unpaired) electrons. The van der Waals surface area contributed by atoms with Crippen LogP contribution in [0.5, 0.6) is 5.75 Å². The van der Waals surface area contributed by atoms with Gasteiger partial charge in [0.1, 0.15) is 5.75 Å². The number of methoxy groups -OCH3 is 1. The Hall–Kier alpha value is -3.15. The lowest BCUT2D eigenvalue weighted by Crippen LogP contribution is -2.43. The molecule has 3 aromatic rings. The maximum Gasteiger partial charge on any atom is 0.259 e.